The summed E-state index contributed by atoms with van der Waals surface area (Å²) in [5, 5.41) is 0. The Hall–Kier alpha value is -3.72. The van der Waals surface area contributed by atoms with E-state index in [-0.39, 0.29) is 17.2 Å². The van der Waals surface area contributed by atoms with Gasteiger partial charge in [-0.1, -0.05) is 42.2 Å². The van der Waals surface area contributed by atoms with Crippen molar-refractivity contribution >= 4 is 11.1 Å². The molecule has 0 aliphatic rings. The van der Waals surface area contributed by atoms with Crippen molar-refractivity contribution in [3.8, 4) is 29.0 Å². The highest BCUT2D eigenvalue weighted by Gasteiger charge is 2.31. The molecule has 0 radical (unpaired) electrons. The molecular formula is C22H12F3NO2. The number of aromatic nitrogens is 1. The lowest BCUT2D eigenvalue weighted by Gasteiger charge is -2.07. The Kier molecular flexibility index (Phi) is 4.50. The van der Waals surface area contributed by atoms with E-state index < -0.39 is 6.36 Å². The molecule has 0 aliphatic carbocycles. The van der Waals surface area contributed by atoms with Gasteiger partial charge in [-0.3, -0.25) is 0 Å². The van der Waals surface area contributed by atoms with Crippen molar-refractivity contribution in [2.45, 2.75) is 6.36 Å². The molecular weight excluding hydrogens is 367 g/mol. The average Bonchev–Trinajstić information content (AvgIpc) is 3.09. The quantitative estimate of drug-likeness (QED) is 0.413. The number of benzene rings is 3. The first-order valence-electron chi connectivity index (χ1n) is 8.31. The zero-order valence-corrected chi connectivity index (χ0v) is 14.3. The van der Waals surface area contributed by atoms with Crippen molar-refractivity contribution in [3.05, 3.63) is 83.9 Å². The van der Waals surface area contributed by atoms with Gasteiger partial charge < -0.3 is 9.15 Å². The molecule has 4 rings (SSSR count). The molecule has 0 aliphatic heterocycles. The number of hydrogen-bond acceptors (Lipinski definition) is 3. The largest absolute Gasteiger partial charge is 0.573 e. The van der Waals surface area contributed by atoms with E-state index in [2.05, 4.69) is 21.6 Å². The van der Waals surface area contributed by atoms with Crippen molar-refractivity contribution < 1.29 is 22.3 Å². The summed E-state index contributed by atoms with van der Waals surface area (Å²) in [5.41, 5.74) is 2.84. The van der Waals surface area contributed by atoms with Crippen LogP contribution in [-0.2, 0) is 0 Å². The molecule has 0 saturated carbocycles. The lowest BCUT2D eigenvalue weighted by atomic mass is 10.1. The first-order valence-corrected chi connectivity index (χ1v) is 8.31. The predicted molar refractivity (Wildman–Crippen MR) is 98.6 cm³/mol. The van der Waals surface area contributed by atoms with Crippen molar-refractivity contribution in [1.29, 1.82) is 0 Å². The number of hydrogen-bond donors (Lipinski definition) is 0. The topological polar surface area (TPSA) is 35.3 Å². The van der Waals surface area contributed by atoms with E-state index in [1.54, 1.807) is 6.07 Å². The molecule has 0 atom stereocenters. The second-order valence-electron chi connectivity index (χ2n) is 5.86. The second-order valence-corrected chi connectivity index (χ2v) is 5.86. The Morgan fingerprint density at radius 2 is 1.61 bits per heavy atom. The minimum absolute atomic E-state index is 0.266. The summed E-state index contributed by atoms with van der Waals surface area (Å²) < 4.78 is 46.9. The highest BCUT2D eigenvalue weighted by atomic mass is 19.4. The number of alkyl halides is 3. The maximum Gasteiger partial charge on any atom is 0.573 e. The van der Waals surface area contributed by atoms with E-state index in [9.17, 15) is 13.2 Å². The van der Waals surface area contributed by atoms with Crippen molar-refractivity contribution in [2.24, 2.45) is 0 Å². The molecule has 3 aromatic carbocycles. The Balaban J connectivity index is 1.72. The van der Waals surface area contributed by atoms with Gasteiger partial charge in [0.05, 0.1) is 5.56 Å². The van der Waals surface area contributed by atoms with Crippen molar-refractivity contribution in [3.63, 3.8) is 0 Å². The molecule has 3 nitrogen and oxygen atoms in total. The van der Waals surface area contributed by atoms with Gasteiger partial charge in [0.2, 0.25) is 5.89 Å². The fourth-order valence-corrected chi connectivity index (χ4v) is 2.66. The zero-order chi connectivity index (χ0) is 19.6. The number of nitrogens with zero attached hydrogens (tertiary/aromatic N) is 1. The molecule has 0 saturated heterocycles. The molecule has 1 aromatic heterocycles. The lowest BCUT2D eigenvalue weighted by Crippen LogP contribution is -2.16. The van der Waals surface area contributed by atoms with Crippen LogP contribution in [0.1, 0.15) is 11.1 Å². The van der Waals surface area contributed by atoms with Crippen LogP contribution in [0.25, 0.3) is 22.6 Å². The maximum absolute atomic E-state index is 12.4. The molecule has 0 N–H and O–H groups in total. The van der Waals surface area contributed by atoms with Gasteiger partial charge in [-0.05, 0) is 36.4 Å². The van der Waals surface area contributed by atoms with Crippen LogP contribution in [0.15, 0.2) is 77.2 Å². The summed E-state index contributed by atoms with van der Waals surface area (Å²) in [5.74, 6) is 6.09. The van der Waals surface area contributed by atoms with Crippen LogP contribution in [0.2, 0.25) is 0 Å². The van der Waals surface area contributed by atoms with Crippen LogP contribution in [0.5, 0.6) is 5.75 Å². The average molecular weight is 379 g/mol. The third kappa shape index (κ3) is 3.99. The Morgan fingerprint density at radius 1 is 0.857 bits per heavy atom. The van der Waals surface area contributed by atoms with Crippen LogP contribution in [0.4, 0.5) is 13.2 Å². The molecule has 0 spiro atoms. The minimum atomic E-state index is -4.76. The van der Waals surface area contributed by atoms with Crippen LogP contribution >= 0.6 is 0 Å². The Morgan fingerprint density at radius 3 is 2.39 bits per heavy atom. The van der Waals surface area contributed by atoms with Crippen molar-refractivity contribution in [2.75, 3.05) is 0 Å². The standard InChI is InChI=1S/C22H12F3NO2/c23-22(24,25)28-17-12-13-20-19(14-17)26-21(27-20)18-9-5-4-8-16(18)11-10-15-6-2-1-3-7-15/h1-9,12-14H. The van der Waals surface area contributed by atoms with E-state index in [0.717, 1.165) is 5.56 Å². The smallest absolute Gasteiger partial charge is 0.436 e. The van der Waals surface area contributed by atoms with Gasteiger partial charge >= 0.3 is 6.36 Å². The summed E-state index contributed by atoms with van der Waals surface area (Å²) in [6.45, 7) is 0. The van der Waals surface area contributed by atoms with Crippen LogP contribution < -0.4 is 4.74 Å². The maximum atomic E-state index is 12.4. The van der Waals surface area contributed by atoms with E-state index in [1.807, 2.05) is 48.5 Å². The van der Waals surface area contributed by atoms with E-state index in [0.29, 0.717) is 16.7 Å². The van der Waals surface area contributed by atoms with Gasteiger partial charge in [-0.2, -0.15) is 0 Å². The van der Waals surface area contributed by atoms with E-state index >= 15 is 0 Å². The number of ether oxygens (including phenoxy) is 1. The summed E-state index contributed by atoms with van der Waals surface area (Å²) >= 11 is 0. The molecule has 4 aromatic rings. The van der Waals surface area contributed by atoms with Gasteiger partial charge in [-0.15, -0.1) is 13.2 Å². The third-order valence-electron chi connectivity index (χ3n) is 3.87. The normalized spacial score (nSPS) is 11.1. The van der Waals surface area contributed by atoms with Gasteiger partial charge in [0.15, 0.2) is 5.58 Å². The van der Waals surface area contributed by atoms with E-state index in [1.165, 1.54) is 18.2 Å². The highest BCUT2D eigenvalue weighted by Crippen LogP contribution is 2.30. The first-order chi connectivity index (χ1) is 13.5. The minimum Gasteiger partial charge on any atom is -0.436 e. The molecule has 0 amide bonds. The van der Waals surface area contributed by atoms with Crippen LogP contribution in [0, 0.1) is 11.8 Å². The van der Waals surface area contributed by atoms with E-state index in [4.69, 9.17) is 4.42 Å². The lowest BCUT2D eigenvalue weighted by molar-refractivity contribution is -0.274. The van der Waals surface area contributed by atoms with Gasteiger partial charge in [0.25, 0.3) is 0 Å². The van der Waals surface area contributed by atoms with Crippen LogP contribution in [-0.4, -0.2) is 11.3 Å². The molecule has 0 bridgehead atoms. The Bertz CT molecular complexity index is 1190. The summed E-state index contributed by atoms with van der Waals surface area (Å²) in [6.07, 6.45) is -4.76. The van der Waals surface area contributed by atoms with Gasteiger partial charge in [0.1, 0.15) is 11.3 Å². The molecule has 28 heavy (non-hydrogen) atoms. The number of fused-ring (bicyclic) bond motifs is 1. The summed E-state index contributed by atoms with van der Waals surface area (Å²) in [6, 6.07) is 20.6. The fraction of sp³-hybridized carbons (Fsp3) is 0.0455. The molecule has 0 fully saturated rings. The van der Waals surface area contributed by atoms with Crippen LogP contribution in [0.3, 0.4) is 0 Å². The zero-order valence-electron chi connectivity index (χ0n) is 14.3. The summed E-state index contributed by atoms with van der Waals surface area (Å²) in [4.78, 5) is 4.31. The fourth-order valence-electron chi connectivity index (χ4n) is 2.66. The molecule has 138 valence electrons. The molecule has 6 heteroatoms. The summed E-state index contributed by atoms with van der Waals surface area (Å²) in [7, 11) is 0. The SMILES string of the molecule is FC(F)(F)Oc1ccc2oc(-c3ccccc3C#Cc3ccccc3)nc2c1. The number of rotatable bonds is 2. The molecule has 0 unspecified atom stereocenters. The van der Waals surface area contributed by atoms with Crippen molar-refractivity contribution in [1.82, 2.24) is 4.98 Å². The van der Waals surface area contributed by atoms with Gasteiger partial charge in [-0.25, -0.2) is 4.98 Å². The first kappa shape index (κ1) is 17.7. The third-order valence-corrected chi connectivity index (χ3v) is 3.87. The predicted octanol–water partition coefficient (Wildman–Crippen LogP) is 5.79. The number of halogens is 3. The Labute approximate surface area is 158 Å². The molecule has 1 heterocycles. The highest BCUT2D eigenvalue weighted by molar-refractivity contribution is 5.79. The number of oxazole rings is 1. The van der Waals surface area contributed by atoms with Gasteiger partial charge in [0, 0.05) is 17.2 Å². The second kappa shape index (κ2) is 7.12. The monoisotopic (exact) mass is 379 g/mol.